The standard InChI is InChI=1S/C23H32N4O3/c1-4-30-21-10-9-20(15-22(21)28-3)26-23(24-2)25-16-18-5-7-19(8-6-18)17-27-11-13-29-14-12-27/h5-10,15H,4,11-14,16-17H2,1-3H3,(H2,24,25,26). The van der Waals surface area contributed by atoms with E-state index in [0.717, 1.165) is 44.3 Å². The third-order valence-electron chi connectivity index (χ3n) is 4.94. The van der Waals surface area contributed by atoms with Gasteiger partial charge in [0.25, 0.3) is 0 Å². The molecule has 7 heteroatoms. The van der Waals surface area contributed by atoms with Crippen molar-refractivity contribution >= 4 is 11.6 Å². The van der Waals surface area contributed by atoms with E-state index in [1.165, 1.54) is 11.1 Å². The Hall–Kier alpha value is -2.77. The highest BCUT2D eigenvalue weighted by Gasteiger charge is 2.11. The number of nitrogens with zero attached hydrogens (tertiary/aromatic N) is 2. The molecule has 1 aliphatic rings. The van der Waals surface area contributed by atoms with Gasteiger partial charge in [-0.2, -0.15) is 0 Å². The van der Waals surface area contributed by atoms with Crippen LogP contribution in [-0.4, -0.2) is 57.9 Å². The number of guanidine groups is 1. The van der Waals surface area contributed by atoms with Crippen LogP contribution in [0.1, 0.15) is 18.1 Å². The molecule has 0 spiro atoms. The van der Waals surface area contributed by atoms with Crippen LogP contribution in [0.4, 0.5) is 5.69 Å². The highest BCUT2D eigenvalue weighted by molar-refractivity contribution is 5.93. The Balaban J connectivity index is 1.52. The minimum absolute atomic E-state index is 0.595. The van der Waals surface area contributed by atoms with Gasteiger partial charge in [-0.25, -0.2) is 0 Å². The molecule has 1 saturated heterocycles. The van der Waals surface area contributed by atoms with Crippen molar-refractivity contribution in [1.82, 2.24) is 10.2 Å². The van der Waals surface area contributed by atoms with Gasteiger partial charge in [-0.1, -0.05) is 24.3 Å². The van der Waals surface area contributed by atoms with Crippen LogP contribution in [0, 0.1) is 0 Å². The number of aliphatic imine (C=N–C) groups is 1. The summed E-state index contributed by atoms with van der Waals surface area (Å²) < 4.78 is 16.4. The Morgan fingerprint density at radius 2 is 1.80 bits per heavy atom. The summed E-state index contributed by atoms with van der Waals surface area (Å²) >= 11 is 0. The van der Waals surface area contributed by atoms with Crippen LogP contribution < -0.4 is 20.1 Å². The number of benzene rings is 2. The fraction of sp³-hybridized carbons (Fsp3) is 0.435. The molecule has 2 N–H and O–H groups in total. The molecule has 7 nitrogen and oxygen atoms in total. The molecule has 30 heavy (non-hydrogen) atoms. The predicted octanol–water partition coefficient (Wildman–Crippen LogP) is 3.11. The average molecular weight is 413 g/mol. The lowest BCUT2D eigenvalue weighted by molar-refractivity contribution is 0.0342. The number of hydrogen-bond donors (Lipinski definition) is 2. The fourth-order valence-corrected chi connectivity index (χ4v) is 3.30. The summed E-state index contributed by atoms with van der Waals surface area (Å²) in [4.78, 5) is 6.74. The second-order valence-electron chi connectivity index (χ2n) is 7.05. The molecule has 0 saturated carbocycles. The van der Waals surface area contributed by atoms with Crippen molar-refractivity contribution in [2.45, 2.75) is 20.0 Å². The second-order valence-corrected chi connectivity index (χ2v) is 7.05. The molecule has 0 atom stereocenters. The third-order valence-corrected chi connectivity index (χ3v) is 4.94. The van der Waals surface area contributed by atoms with E-state index < -0.39 is 0 Å². The molecule has 0 unspecified atom stereocenters. The molecule has 2 aromatic carbocycles. The van der Waals surface area contributed by atoms with Crippen molar-refractivity contribution in [3.05, 3.63) is 53.6 Å². The van der Waals surface area contributed by atoms with Crippen molar-refractivity contribution in [1.29, 1.82) is 0 Å². The van der Waals surface area contributed by atoms with Gasteiger partial charge < -0.3 is 24.8 Å². The van der Waals surface area contributed by atoms with Crippen LogP contribution in [0.5, 0.6) is 11.5 Å². The van der Waals surface area contributed by atoms with Gasteiger partial charge in [0.2, 0.25) is 0 Å². The lowest BCUT2D eigenvalue weighted by Gasteiger charge is -2.26. The Morgan fingerprint density at radius 1 is 1.07 bits per heavy atom. The van der Waals surface area contributed by atoms with Gasteiger partial charge in [-0.05, 0) is 30.2 Å². The highest BCUT2D eigenvalue weighted by atomic mass is 16.5. The van der Waals surface area contributed by atoms with Crippen molar-refractivity contribution < 1.29 is 14.2 Å². The van der Waals surface area contributed by atoms with Gasteiger partial charge in [-0.3, -0.25) is 9.89 Å². The first-order valence-electron chi connectivity index (χ1n) is 10.4. The molecule has 0 bridgehead atoms. The van der Waals surface area contributed by atoms with E-state index in [4.69, 9.17) is 14.2 Å². The molecule has 0 radical (unpaired) electrons. The summed E-state index contributed by atoms with van der Waals surface area (Å²) in [6, 6.07) is 14.5. The number of morpholine rings is 1. The molecule has 2 aromatic rings. The molecule has 1 fully saturated rings. The highest BCUT2D eigenvalue weighted by Crippen LogP contribution is 2.30. The van der Waals surface area contributed by atoms with Crippen molar-refractivity contribution in [2.24, 2.45) is 4.99 Å². The summed E-state index contributed by atoms with van der Waals surface area (Å²) in [5.74, 6) is 2.11. The van der Waals surface area contributed by atoms with E-state index in [1.807, 2.05) is 25.1 Å². The maximum absolute atomic E-state index is 5.57. The van der Waals surface area contributed by atoms with Crippen LogP contribution in [0.25, 0.3) is 0 Å². The third kappa shape index (κ3) is 6.37. The smallest absolute Gasteiger partial charge is 0.195 e. The molecule has 0 aliphatic carbocycles. The van der Waals surface area contributed by atoms with E-state index in [2.05, 4.69) is 44.8 Å². The monoisotopic (exact) mass is 412 g/mol. The number of rotatable bonds is 8. The molecule has 1 heterocycles. The van der Waals surface area contributed by atoms with Gasteiger partial charge in [0.05, 0.1) is 26.9 Å². The number of anilines is 1. The number of hydrogen-bond acceptors (Lipinski definition) is 5. The summed E-state index contributed by atoms with van der Waals surface area (Å²) in [5.41, 5.74) is 3.40. The zero-order chi connectivity index (χ0) is 21.2. The quantitative estimate of drug-likeness (QED) is 0.513. The molecular formula is C23H32N4O3. The first kappa shape index (κ1) is 21.9. The number of methoxy groups -OCH3 is 1. The maximum atomic E-state index is 5.57. The van der Waals surface area contributed by atoms with Crippen LogP contribution in [0.3, 0.4) is 0 Å². The van der Waals surface area contributed by atoms with E-state index >= 15 is 0 Å². The number of ether oxygens (including phenoxy) is 3. The Morgan fingerprint density at radius 3 is 2.47 bits per heavy atom. The second kappa shape index (κ2) is 11.4. The van der Waals surface area contributed by atoms with Gasteiger partial charge in [0.1, 0.15) is 0 Å². The molecule has 0 amide bonds. The van der Waals surface area contributed by atoms with E-state index in [-0.39, 0.29) is 0 Å². The van der Waals surface area contributed by atoms with Crippen LogP contribution in [0.2, 0.25) is 0 Å². The van der Waals surface area contributed by atoms with E-state index in [9.17, 15) is 0 Å². The Labute approximate surface area is 179 Å². The van der Waals surface area contributed by atoms with Crippen LogP contribution in [0.15, 0.2) is 47.5 Å². The SMILES string of the molecule is CCOc1ccc(NC(=NC)NCc2ccc(CN3CCOCC3)cc2)cc1OC. The minimum Gasteiger partial charge on any atom is -0.493 e. The first-order chi connectivity index (χ1) is 14.7. The van der Waals surface area contributed by atoms with Gasteiger partial charge >= 0.3 is 0 Å². The topological polar surface area (TPSA) is 67.4 Å². The lowest BCUT2D eigenvalue weighted by atomic mass is 10.1. The Kier molecular flexibility index (Phi) is 8.35. The molecule has 3 rings (SSSR count). The molecule has 1 aliphatic heterocycles. The minimum atomic E-state index is 0.595. The maximum Gasteiger partial charge on any atom is 0.195 e. The number of nitrogens with one attached hydrogen (secondary N) is 2. The summed E-state index contributed by atoms with van der Waals surface area (Å²) in [6.45, 7) is 7.86. The Bertz CT molecular complexity index is 818. The summed E-state index contributed by atoms with van der Waals surface area (Å²) in [7, 11) is 3.39. The van der Waals surface area contributed by atoms with Gasteiger partial charge in [-0.15, -0.1) is 0 Å². The lowest BCUT2D eigenvalue weighted by Crippen LogP contribution is -2.35. The average Bonchev–Trinajstić information content (AvgIpc) is 2.79. The van der Waals surface area contributed by atoms with Gasteiger partial charge in [0.15, 0.2) is 17.5 Å². The predicted molar refractivity (Wildman–Crippen MR) is 121 cm³/mol. The largest absolute Gasteiger partial charge is 0.493 e. The fourth-order valence-electron chi connectivity index (χ4n) is 3.30. The first-order valence-corrected chi connectivity index (χ1v) is 10.4. The zero-order valence-electron chi connectivity index (χ0n) is 18.1. The van der Waals surface area contributed by atoms with E-state index in [1.54, 1.807) is 14.2 Å². The summed E-state index contributed by atoms with van der Waals surface area (Å²) in [6.07, 6.45) is 0. The van der Waals surface area contributed by atoms with Crippen molar-refractivity contribution in [3.63, 3.8) is 0 Å². The zero-order valence-corrected chi connectivity index (χ0v) is 18.1. The molecule has 0 aromatic heterocycles. The van der Waals surface area contributed by atoms with E-state index in [0.29, 0.717) is 24.9 Å². The van der Waals surface area contributed by atoms with Crippen molar-refractivity contribution in [3.8, 4) is 11.5 Å². The van der Waals surface area contributed by atoms with Crippen LogP contribution in [-0.2, 0) is 17.8 Å². The molecule has 162 valence electrons. The van der Waals surface area contributed by atoms with Gasteiger partial charge in [0, 0.05) is 45.0 Å². The van der Waals surface area contributed by atoms with Crippen LogP contribution >= 0.6 is 0 Å². The molecular weight excluding hydrogens is 380 g/mol. The summed E-state index contributed by atoms with van der Waals surface area (Å²) in [5, 5.41) is 6.65. The normalized spacial score (nSPS) is 15.0. The van der Waals surface area contributed by atoms with Crippen molar-refractivity contribution in [2.75, 3.05) is 52.4 Å².